The fourth-order valence-corrected chi connectivity index (χ4v) is 3.24. The molecule has 0 spiro atoms. The number of aliphatic carboxylic acids is 1. The second-order valence-corrected chi connectivity index (χ2v) is 6.84. The van der Waals surface area contributed by atoms with E-state index in [1.807, 2.05) is 30.3 Å². The molecule has 1 N–H and O–H groups in total. The molecule has 1 aromatic carbocycles. The number of hydrogen-bond donors (Lipinski definition) is 1. The summed E-state index contributed by atoms with van der Waals surface area (Å²) in [5, 5.41) is 9.65. The predicted molar refractivity (Wildman–Crippen MR) is 105 cm³/mol. The summed E-state index contributed by atoms with van der Waals surface area (Å²) >= 11 is 6.02. The molecule has 1 aliphatic heterocycles. The number of aromatic nitrogens is 1. The third kappa shape index (κ3) is 6.03. The first-order valence-corrected chi connectivity index (χ1v) is 9.25. The van der Waals surface area contributed by atoms with Crippen LogP contribution in [0.5, 0.6) is 0 Å². The van der Waals surface area contributed by atoms with Gasteiger partial charge in [-0.25, -0.2) is 0 Å². The Morgan fingerprint density at radius 2 is 2.04 bits per heavy atom. The molecule has 144 valence electrons. The molecule has 0 radical (unpaired) electrons. The van der Waals surface area contributed by atoms with E-state index in [0.29, 0.717) is 31.0 Å². The van der Waals surface area contributed by atoms with Crippen LogP contribution in [0.2, 0.25) is 5.02 Å². The van der Waals surface area contributed by atoms with Gasteiger partial charge in [0, 0.05) is 36.2 Å². The Balaban J connectivity index is 1.65. The van der Waals surface area contributed by atoms with Crippen molar-refractivity contribution >= 4 is 17.6 Å². The van der Waals surface area contributed by atoms with Crippen molar-refractivity contribution in [1.82, 2.24) is 9.88 Å². The van der Waals surface area contributed by atoms with Gasteiger partial charge in [-0.3, -0.25) is 9.78 Å². The van der Waals surface area contributed by atoms with Gasteiger partial charge in [0.1, 0.15) is 6.10 Å². The molecule has 1 fully saturated rings. The molecule has 27 heavy (non-hydrogen) atoms. The highest BCUT2D eigenvalue weighted by Gasteiger charge is 2.25. The molecule has 1 saturated heterocycles. The number of piperidine rings is 1. The Labute approximate surface area is 170 Å². The molecule has 0 aliphatic carbocycles. The number of pyridine rings is 1. The Morgan fingerprint density at radius 3 is 2.67 bits per heavy atom. The van der Waals surface area contributed by atoms with E-state index in [4.69, 9.17) is 26.9 Å². The van der Waals surface area contributed by atoms with E-state index in [2.05, 4.69) is 4.98 Å². The lowest BCUT2D eigenvalue weighted by molar-refractivity contribution is -0.137. The summed E-state index contributed by atoms with van der Waals surface area (Å²) < 4.78 is 37.4. The molecule has 6 heteroatoms. The van der Waals surface area contributed by atoms with Crippen molar-refractivity contribution in [3.05, 3.63) is 64.9 Å². The minimum Gasteiger partial charge on any atom is -0.481 e. The van der Waals surface area contributed by atoms with Crippen LogP contribution in [-0.2, 0) is 9.53 Å². The normalized spacial score (nSPS) is 20.2. The molecule has 1 atom stereocenters. The van der Waals surface area contributed by atoms with Gasteiger partial charge in [0.2, 0.25) is 0 Å². The topological polar surface area (TPSA) is 62.7 Å². The summed E-state index contributed by atoms with van der Waals surface area (Å²) in [6.07, 6.45) is -3.00. The minimum atomic E-state index is -2.96. The maximum Gasteiger partial charge on any atom is 0.303 e. The first kappa shape index (κ1) is 15.0. The standard InChI is InChI=1S/C21H25ClN2O3/c22-17-8-6-16(7-9-17)21(19-4-1-2-12-23-19)27-18-10-14-24(15-11-18)13-3-5-20(25)26/h1-2,4,6-9,12,18,21H,3,5,10-11,13-15H2,(H,25,26)/t21-/m0/s1/i3D2,5D2. The van der Waals surface area contributed by atoms with E-state index in [9.17, 15) is 4.79 Å². The van der Waals surface area contributed by atoms with E-state index in [1.165, 1.54) is 0 Å². The largest absolute Gasteiger partial charge is 0.481 e. The molecule has 1 aliphatic rings. The molecule has 2 heterocycles. The van der Waals surface area contributed by atoms with Crippen LogP contribution in [-0.4, -0.2) is 46.7 Å². The van der Waals surface area contributed by atoms with Gasteiger partial charge in [0.15, 0.2) is 0 Å². The number of rotatable bonds is 8. The Kier molecular flexibility index (Phi) is 5.47. The maximum atomic E-state index is 11.1. The highest BCUT2D eigenvalue weighted by atomic mass is 35.5. The Hall–Kier alpha value is -1.95. The number of carbonyl (C=O) groups is 1. The van der Waals surface area contributed by atoms with Crippen molar-refractivity contribution < 1.29 is 20.1 Å². The molecular weight excluding hydrogens is 364 g/mol. The number of benzene rings is 1. The van der Waals surface area contributed by atoms with Gasteiger partial charge in [-0.1, -0.05) is 29.8 Å². The number of carboxylic acids is 1. The van der Waals surface area contributed by atoms with Gasteiger partial charge in [-0.2, -0.15) is 0 Å². The van der Waals surface area contributed by atoms with Gasteiger partial charge in [-0.05, 0) is 55.6 Å². The lowest BCUT2D eigenvalue weighted by atomic mass is 10.0. The van der Waals surface area contributed by atoms with Gasteiger partial charge < -0.3 is 14.7 Å². The Bertz CT molecular complexity index is 876. The summed E-state index contributed by atoms with van der Waals surface area (Å²) in [6.45, 7) is 0.671. The highest BCUT2D eigenvalue weighted by molar-refractivity contribution is 6.30. The van der Waals surface area contributed by atoms with Crippen LogP contribution in [0.25, 0.3) is 0 Å². The van der Waals surface area contributed by atoms with E-state index in [-0.39, 0.29) is 18.8 Å². The molecule has 5 nitrogen and oxygen atoms in total. The quantitative estimate of drug-likeness (QED) is 0.730. The van der Waals surface area contributed by atoms with E-state index >= 15 is 0 Å². The van der Waals surface area contributed by atoms with Crippen molar-refractivity contribution in [3.8, 4) is 0 Å². The first-order chi connectivity index (χ1) is 14.6. The minimum absolute atomic E-state index is 0.0963. The zero-order chi connectivity index (χ0) is 22.6. The Morgan fingerprint density at radius 1 is 1.30 bits per heavy atom. The summed E-state index contributed by atoms with van der Waals surface area (Å²) in [5.41, 5.74) is 1.70. The van der Waals surface area contributed by atoms with E-state index in [1.54, 1.807) is 23.2 Å². The number of hydrogen-bond acceptors (Lipinski definition) is 4. The van der Waals surface area contributed by atoms with Crippen LogP contribution in [0.4, 0.5) is 0 Å². The molecule has 0 bridgehead atoms. The van der Waals surface area contributed by atoms with Crippen molar-refractivity contribution in [2.45, 2.75) is 37.8 Å². The smallest absolute Gasteiger partial charge is 0.303 e. The number of carboxylic acid groups (broad SMARTS) is 1. The zero-order valence-electron chi connectivity index (χ0n) is 18.8. The molecule has 0 saturated carbocycles. The van der Waals surface area contributed by atoms with Crippen LogP contribution in [0, 0.1) is 0 Å². The van der Waals surface area contributed by atoms with Crippen molar-refractivity contribution in [3.63, 3.8) is 0 Å². The van der Waals surface area contributed by atoms with Crippen molar-refractivity contribution in [2.75, 3.05) is 19.6 Å². The maximum absolute atomic E-state index is 11.1. The average Bonchev–Trinajstić information content (AvgIpc) is 2.74. The number of halogens is 1. The van der Waals surface area contributed by atoms with Gasteiger partial charge in [0.25, 0.3) is 0 Å². The lowest BCUT2D eigenvalue weighted by Crippen LogP contribution is -2.38. The van der Waals surface area contributed by atoms with Crippen LogP contribution in [0.3, 0.4) is 0 Å². The molecule has 1 aromatic heterocycles. The number of likely N-dealkylation sites (tertiary alicyclic amines) is 1. The zero-order valence-corrected chi connectivity index (χ0v) is 15.6. The predicted octanol–water partition coefficient (Wildman–Crippen LogP) is 4.17. The van der Waals surface area contributed by atoms with Crippen LogP contribution >= 0.6 is 11.6 Å². The van der Waals surface area contributed by atoms with E-state index in [0.717, 1.165) is 11.3 Å². The third-order valence-corrected chi connectivity index (χ3v) is 4.74. The summed E-state index contributed by atoms with van der Waals surface area (Å²) in [5.74, 6) is -1.79. The lowest BCUT2D eigenvalue weighted by Gasteiger charge is -2.34. The van der Waals surface area contributed by atoms with Crippen LogP contribution in [0.15, 0.2) is 48.7 Å². The average molecular weight is 393 g/mol. The summed E-state index contributed by atoms with van der Waals surface area (Å²) in [4.78, 5) is 17.3. The molecular formula is C21H25ClN2O3. The summed E-state index contributed by atoms with van der Waals surface area (Å²) in [6, 6.07) is 13.0. The molecule has 3 rings (SSSR count). The molecule has 0 amide bonds. The molecule has 2 aromatic rings. The van der Waals surface area contributed by atoms with Gasteiger partial charge >= 0.3 is 5.97 Å². The van der Waals surface area contributed by atoms with Gasteiger partial charge in [-0.15, -0.1) is 0 Å². The fourth-order valence-electron chi connectivity index (χ4n) is 3.11. The second kappa shape index (κ2) is 9.83. The van der Waals surface area contributed by atoms with Crippen molar-refractivity contribution in [1.29, 1.82) is 0 Å². The highest BCUT2D eigenvalue weighted by Crippen LogP contribution is 2.29. The van der Waals surface area contributed by atoms with Crippen LogP contribution in [0.1, 0.15) is 48.4 Å². The molecule has 0 unspecified atom stereocenters. The van der Waals surface area contributed by atoms with Gasteiger partial charge in [0.05, 0.1) is 11.8 Å². The summed E-state index contributed by atoms with van der Waals surface area (Å²) in [7, 11) is 0. The third-order valence-electron chi connectivity index (χ3n) is 4.49. The van der Waals surface area contributed by atoms with Crippen molar-refractivity contribution in [2.24, 2.45) is 0 Å². The monoisotopic (exact) mass is 392 g/mol. The second-order valence-electron chi connectivity index (χ2n) is 6.40. The fraction of sp³-hybridized carbons (Fsp3) is 0.429. The first-order valence-electron chi connectivity index (χ1n) is 10.9. The number of nitrogens with zero attached hydrogens (tertiary/aromatic N) is 2. The van der Waals surface area contributed by atoms with Crippen LogP contribution < -0.4 is 0 Å². The number of ether oxygens (including phenoxy) is 1. The SMILES string of the molecule is [2H]C([2H])(CN1CCC(O[C@@H](c2ccc(Cl)cc2)c2ccccn2)CC1)C([2H])([2H])C(=O)O. The van der Waals surface area contributed by atoms with E-state index < -0.39 is 18.7 Å².